The molecule has 1 fully saturated rings. The Morgan fingerprint density at radius 2 is 1.86 bits per heavy atom. The summed E-state index contributed by atoms with van der Waals surface area (Å²) in [7, 11) is 1.95. The van der Waals surface area contributed by atoms with E-state index in [1.54, 1.807) is 19.1 Å². The van der Waals surface area contributed by atoms with Crippen LogP contribution in [0.5, 0.6) is 0 Å². The minimum atomic E-state index is -0.454. The molecule has 0 spiro atoms. The highest BCUT2D eigenvalue weighted by Gasteiger charge is 2.22. The third-order valence-electron chi connectivity index (χ3n) is 4.14. The molecule has 0 aliphatic heterocycles. The molecule has 6 nitrogen and oxygen atoms in total. The zero-order chi connectivity index (χ0) is 15.4. The van der Waals surface area contributed by atoms with Crippen LogP contribution in [-0.2, 0) is 0 Å². The Morgan fingerprint density at radius 1 is 1.24 bits per heavy atom. The maximum absolute atomic E-state index is 12.2. The summed E-state index contributed by atoms with van der Waals surface area (Å²) >= 11 is 0. The summed E-state index contributed by atoms with van der Waals surface area (Å²) in [4.78, 5) is 22.7. The number of aryl methyl sites for hydroxylation is 1. The summed E-state index contributed by atoms with van der Waals surface area (Å²) < 4.78 is 0. The van der Waals surface area contributed by atoms with E-state index < -0.39 is 4.92 Å². The Morgan fingerprint density at radius 3 is 2.43 bits per heavy atom. The lowest BCUT2D eigenvalue weighted by Gasteiger charge is -2.28. The van der Waals surface area contributed by atoms with Crippen molar-refractivity contribution in [1.82, 2.24) is 10.6 Å². The van der Waals surface area contributed by atoms with Gasteiger partial charge in [-0.3, -0.25) is 14.9 Å². The minimum absolute atomic E-state index is 0.0125. The van der Waals surface area contributed by atoms with Crippen LogP contribution in [0.4, 0.5) is 5.69 Å². The highest BCUT2D eigenvalue weighted by molar-refractivity contribution is 5.95. The number of nitro benzene ring substituents is 1. The van der Waals surface area contributed by atoms with Gasteiger partial charge in [0.15, 0.2) is 0 Å². The molecule has 0 bridgehead atoms. The van der Waals surface area contributed by atoms with Crippen molar-refractivity contribution in [1.29, 1.82) is 0 Å². The number of carbonyl (C=O) groups is 1. The Bertz CT molecular complexity index is 537. The van der Waals surface area contributed by atoms with Crippen LogP contribution in [0.15, 0.2) is 18.2 Å². The molecule has 0 heterocycles. The van der Waals surface area contributed by atoms with Gasteiger partial charge in [-0.25, -0.2) is 0 Å². The predicted octanol–water partition coefficient (Wildman–Crippen LogP) is 2.16. The average molecular weight is 291 g/mol. The van der Waals surface area contributed by atoms with Crippen LogP contribution in [0.25, 0.3) is 0 Å². The summed E-state index contributed by atoms with van der Waals surface area (Å²) in [6, 6.07) is 5.28. The van der Waals surface area contributed by atoms with Crippen LogP contribution in [0.3, 0.4) is 0 Å². The quantitative estimate of drug-likeness (QED) is 0.657. The molecular formula is C15H21N3O3. The summed E-state index contributed by atoms with van der Waals surface area (Å²) in [6.07, 6.45) is 3.95. The molecule has 0 aromatic heterocycles. The van der Waals surface area contributed by atoms with Crippen molar-refractivity contribution in [3.8, 4) is 0 Å². The van der Waals surface area contributed by atoms with E-state index in [2.05, 4.69) is 10.6 Å². The van der Waals surface area contributed by atoms with Crippen molar-refractivity contribution in [2.45, 2.75) is 44.7 Å². The lowest BCUT2D eigenvalue weighted by molar-refractivity contribution is -0.385. The monoisotopic (exact) mass is 291 g/mol. The molecule has 0 atom stereocenters. The number of amides is 1. The van der Waals surface area contributed by atoms with Gasteiger partial charge >= 0.3 is 0 Å². The normalized spacial score (nSPS) is 21.8. The van der Waals surface area contributed by atoms with Gasteiger partial charge in [0.05, 0.1) is 4.92 Å². The minimum Gasteiger partial charge on any atom is -0.349 e. The molecule has 0 saturated heterocycles. The van der Waals surface area contributed by atoms with Gasteiger partial charge in [0.2, 0.25) is 0 Å². The zero-order valence-electron chi connectivity index (χ0n) is 12.4. The first-order valence-electron chi connectivity index (χ1n) is 7.24. The van der Waals surface area contributed by atoms with Gasteiger partial charge < -0.3 is 10.6 Å². The van der Waals surface area contributed by atoms with E-state index in [1.807, 2.05) is 7.05 Å². The van der Waals surface area contributed by atoms with Gasteiger partial charge in [0, 0.05) is 29.3 Å². The van der Waals surface area contributed by atoms with E-state index in [0.717, 1.165) is 25.7 Å². The SMILES string of the molecule is CNC1CCC(NC(=O)c2ccc(C)c([N+](=O)[O-])c2)CC1. The van der Waals surface area contributed by atoms with E-state index in [-0.39, 0.29) is 17.6 Å². The maximum Gasteiger partial charge on any atom is 0.273 e. The fourth-order valence-corrected chi connectivity index (χ4v) is 2.74. The lowest BCUT2D eigenvalue weighted by Crippen LogP contribution is -2.41. The van der Waals surface area contributed by atoms with Gasteiger partial charge in [-0.05, 0) is 45.7 Å². The Balaban J connectivity index is 2.01. The molecule has 1 aromatic carbocycles. The van der Waals surface area contributed by atoms with E-state index in [4.69, 9.17) is 0 Å². The standard InChI is InChI=1S/C15H21N3O3/c1-10-3-4-11(9-14(10)18(20)21)15(19)17-13-7-5-12(16-2)6-8-13/h3-4,9,12-13,16H,5-8H2,1-2H3,(H,17,19). The van der Waals surface area contributed by atoms with E-state index in [0.29, 0.717) is 17.2 Å². The Hall–Kier alpha value is -1.95. The topological polar surface area (TPSA) is 84.3 Å². The molecule has 1 aliphatic carbocycles. The van der Waals surface area contributed by atoms with Crippen molar-refractivity contribution in [3.05, 3.63) is 39.4 Å². The maximum atomic E-state index is 12.2. The van der Waals surface area contributed by atoms with Crippen molar-refractivity contribution in [2.24, 2.45) is 0 Å². The number of rotatable bonds is 4. The first-order chi connectivity index (χ1) is 10.0. The smallest absolute Gasteiger partial charge is 0.273 e. The number of nitro groups is 1. The van der Waals surface area contributed by atoms with E-state index in [9.17, 15) is 14.9 Å². The van der Waals surface area contributed by atoms with Gasteiger partial charge in [-0.15, -0.1) is 0 Å². The predicted molar refractivity (Wildman–Crippen MR) is 80.4 cm³/mol. The molecular weight excluding hydrogens is 270 g/mol. The Kier molecular flexibility index (Phi) is 4.90. The van der Waals surface area contributed by atoms with E-state index >= 15 is 0 Å². The highest BCUT2D eigenvalue weighted by atomic mass is 16.6. The molecule has 1 aliphatic rings. The molecule has 1 amide bonds. The number of carbonyl (C=O) groups excluding carboxylic acids is 1. The number of nitrogens with one attached hydrogen (secondary N) is 2. The Labute approximate surface area is 124 Å². The first kappa shape index (κ1) is 15.4. The second kappa shape index (κ2) is 6.67. The van der Waals surface area contributed by atoms with Gasteiger partial charge in [0.25, 0.3) is 11.6 Å². The van der Waals surface area contributed by atoms with Gasteiger partial charge in [-0.1, -0.05) is 6.07 Å². The van der Waals surface area contributed by atoms with Crippen LogP contribution in [-0.4, -0.2) is 30.0 Å². The molecule has 0 unspecified atom stereocenters. The van der Waals surface area contributed by atoms with Crippen LogP contribution in [0.1, 0.15) is 41.6 Å². The van der Waals surface area contributed by atoms with Crippen molar-refractivity contribution >= 4 is 11.6 Å². The number of nitrogens with zero attached hydrogens (tertiary/aromatic N) is 1. The highest BCUT2D eigenvalue weighted by Crippen LogP contribution is 2.21. The third kappa shape index (κ3) is 3.78. The van der Waals surface area contributed by atoms with Crippen LogP contribution < -0.4 is 10.6 Å². The fraction of sp³-hybridized carbons (Fsp3) is 0.533. The first-order valence-corrected chi connectivity index (χ1v) is 7.24. The number of benzene rings is 1. The van der Waals surface area contributed by atoms with Crippen molar-refractivity contribution in [2.75, 3.05) is 7.05 Å². The molecule has 21 heavy (non-hydrogen) atoms. The summed E-state index contributed by atoms with van der Waals surface area (Å²) in [5.74, 6) is -0.231. The molecule has 2 N–H and O–H groups in total. The molecule has 1 aromatic rings. The fourth-order valence-electron chi connectivity index (χ4n) is 2.74. The number of hydrogen-bond acceptors (Lipinski definition) is 4. The second-order valence-electron chi connectivity index (χ2n) is 5.57. The summed E-state index contributed by atoms with van der Waals surface area (Å²) in [6.45, 7) is 1.67. The molecule has 1 saturated carbocycles. The van der Waals surface area contributed by atoms with Gasteiger partial charge in [-0.2, -0.15) is 0 Å². The number of hydrogen-bond donors (Lipinski definition) is 2. The van der Waals surface area contributed by atoms with Crippen molar-refractivity contribution in [3.63, 3.8) is 0 Å². The third-order valence-corrected chi connectivity index (χ3v) is 4.14. The van der Waals surface area contributed by atoms with Crippen LogP contribution in [0.2, 0.25) is 0 Å². The molecule has 0 radical (unpaired) electrons. The van der Waals surface area contributed by atoms with Gasteiger partial charge in [0.1, 0.15) is 0 Å². The molecule has 2 rings (SSSR count). The van der Waals surface area contributed by atoms with Crippen molar-refractivity contribution < 1.29 is 9.72 Å². The summed E-state index contributed by atoms with van der Waals surface area (Å²) in [5.41, 5.74) is 0.899. The molecule has 114 valence electrons. The molecule has 6 heteroatoms. The zero-order valence-corrected chi connectivity index (χ0v) is 12.4. The second-order valence-corrected chi connectivity index (χ2v) is 5.57. The largest absolute Gasteiger partial charge is 0.349 e. The van der Waals surface area contributed by atoms with Crippen LogP contribution >= 0.6 is 0 Å². The summed E-state index contributed by atoms with van der Waals surface area (Å²) in [5, 5.41) is 17.1. The average Bonchev–Trinajstić information content (AvgIpc) is 2.48. The lowest BCUT2D eigenvalue weighted by atomic mass is 9.91. The van der Waals surface area contributed by atoms with E-state index in [1.165, 1.54) is 6.07 Å². The van der Waals surface area contributed by atoms with Crippen LogP contribution in [0, 0.1) is 17.0 Å².